The van der Waals surface area contributed by atoms with Crippen LogP contribution in [0.5, 0.6) is 0 Å². The first-order valence-corrected chi connectivity index (χ1v) is 11.5. The molecule has 1 heterocycles. The Balaban J connectivity index is 1.54. The Kier molecular flexibility index (Phi) is 5.52. The fraction of sp³-hybridized carbons (Fsp3) is 0.280. The molecule has 2 fully saturated rings. The number of imide groups is 1. The number of non-ortho nitro benzene ring substituents is 1. The lowest BCUT2D eigenvalue weighted by molar-refractivity contribution is -0.384. The summed E-state index contributed by atoms with van der Waals surface area (Å²) in [5.74, 6) is -3.58. The highest BCUT2D eigenvalue weighted by Gasteiger charge is 2.61. The predicted octanol–water partition coefficient (Wildman–Crippen LogP) is 3.68. The van der Waals surface area contributed by atoms with E-state index in [1.807, 2.05) is 12.2 Å². The fourth-order valence-corrected chi connectivity index (χ4v) is 5.49. The summed E-state index contributed by atoms with van der Waals surface area (Å²) in [5.41, 5.74) is 0.0402. The number of benzene rings is 2. The van der Waals surface area contributed by atoms with Crippen LogP contribution >= 0.6 is 11.6 Å². The number of hydrazine groups is 1. The maximum absolute atomic E-state index is 13.7. The molecule has 1 saturated heterocycles. The highest BCUT2D eigenvalue weighted by molar-refractivity contribution is 6.30. The van der Waals surface area contributed by atoms with E-state index >= 15 is 0 Å². The summed E-state index contributed by atoms with van der Waals surface area (Å²) in [7, 11) is 0. The van der Waals surface area contributed by atoms with Gasteiger partial charge >= 0.3 is 0 Å². The maximum atomic E-state index is 13.7. The molecule has 0 spiro atoms. The summed E-state index contributed by atoms with van der Waals surface area (Å²) in [4.78, 5) is 64.4. The number of halogens is 1. The van der Waals surface area contributed by atoms with Gasteiger partial charge in [0.05, 0.1) is 16.8 Å². The molecule has 0 radical (unpaired) electrons. The quantitative estimate of drug-likeness (QED) is 0.199. The smallest absolute Gasteiger partial charge is 0.273 e. The molecule has 35 heavy (non-hydrogen) atoms. The minimum absolute atomic E-state index is 0.00473. The highest BCUT2D eigenvalue weighted by atomic mass is 35.5. The Hall–Kier alpha value is -3.85. The number of nitro benzene ring substituents is 1. The molecule has 2 aliphatic carbocycles. The molecule has 5 atom stereocenters. The number of carbonyl (C=O) groups excluding carboxylic acids is 4. The van der Waals surface area contributed by atoms with Crippen molar-refractivity contribution in [2.75, 3.05) is 0 Å². The Bertz CT molecular complexity index is 1260. The van der Waals surface area contributed by atoms with Gasteiger partial charge in [-0.1, -0.05) is 23.8 Å². The zero-order valence-electron chi connectivity index (χ0n) is 18.5. The van der Waals surface area contributed by atoms with Gasteiger partial charge in [0.25, 0.3) is 23.4 Å². The van der Waals surface area contributed by atoms with E-state index in [0.29, 0.717) is 5.02 Å². The van der Waals surface area contributed by atoms with Gasteiger partial charge in [0.15, 0.2) is 5.78 Å². The van der Waals surface area contributed by atoms with E-state index in [0.717, 1.165) is 28.6 Å². The van der Waals surface area contributed by atoms with Gasteiger partial charge in [-0.25, -0.2) is 5.01 Å². The van der Waals surface area contributed by atoms with Crippen LogP contribution in [0.3, 0.4) is 0 Å². The van der Waals surface area contributed by atoms with E-state index in [1.165, 1.54) is 43.3 Å². The van der Waals surface area contributed by atoms with Crippen LogP contribution in [0, 0.1) is 33.8 Å². The first-order valence-electron chi connectivity index (χ1n) is 11.1. The summed E-state index contributed by atoms with van der Waals surface area (Å²) in [6, 6.07) is 9.65. The lowest BCUT2D eigenvalue weighted by Gasteiger charge is -2.35. The highest BCUT2D eigenvalue weighted by Crippen LogP contribution is 2.53. The topological polar surface area (TPSA) is 118 Å². The van der Waals surface area contributed by atoms with Crippen molar-refractivity contribution in [3.63, 3.8) is 0 Å². The third-order valence-corrected chi connectivity index (χ3v) is 7.32. The van der Waals surface area contributed by atoms with Gasteiger partial charge in [0.2, 0.25) is 0 Å². The fourth-order valence-electron chi connectivity index (χ4n) is 5.36. The standard InChI is InChI=1S/C25H20ClN3O6/c1-13(22(30)14-4-8-18(26)9-5-14)27(23(31)15-6-10-19(11-7-15)29(34)35)28-24(32)20-16-2-3-17(12-16)21(20)25(28)33/h2-11,13,16-17,20-21H,12H2,1H3/t13-,16+,17+,20+,21+/m1/s1. The second kappa shape index (κ2) is 8.42. The molecule has 2 bridgehead atoms. The molecule has 1 saturated carbocycles. The molecule has 5 rings (SSSR count). The summed E-state index contributed by atoms with van der Waals surface area (Å²) < 4.78 is 0. The number of hydrogen-bond donors (Lipinski definition) is 0. The molecule has 0 unspecified atom stereocenters. The van der Waals surface area contributed by atoms with E-state index in [9.17, 15) is 29.3 Å². The van der Waals surface area contributed by atoms with Crippen molar-refractivity contribution in [2.45, 2.75) is 19.4 Å². The molecule has 3 aliphatic rings. The van der Waals surface area contributed by atoms with Crippen molar-refractivity contribution < 1.29 is 24.1 Å². The van der Waals surface area contributed by atoms with Crippen LogP contribution in [0.1, 0.15) is 34.1 Å². The Morgan fingerprint density at radius 2 is 1.49 bits per heavy atom. The molecule has 3 amide bonds. The molecular weight excluding hydrogens is 474 g/mol. The summed E-state index contributed by atoms with van der Waals surface area (Å²) in [6.07, 6.45) is 4.59. The number of amides is 3. The molecule has 0 N–H and O–H groups in total. The molecule has 2 aromatic rings. The van der Waals surface area contributed by atoms with E-state index < -0.39 is 46.3 Å². The SMILES string of the molecule is C[C@H](C(=O)c1ccc(Cl)cc1)N(C(=O)c1ccc([N+](=O)[O-])cc1)N1C(=O)[C@@H]2[C@@H](C1=O)[C@H]1C=C[C@H]2C1. The van der Waals surface area contributed by atoms with Crippen LogP contribution < -0.4 is 0 Å². The van der Waals surface area contributed by atoms with E-state index in [-0.39, 0.29) is 28.7 Å². The zero-order valence-corrected chi connectivity index (χ0v) is 19.3. The lowest BCUT2D eigenvalue weighted by atomic mass is 9.85. The van der Waals surface area contributed by atoms with Gasteiger partial charge in [-0.3, -0.25) is 29.3 Å². The van der Waals surface area contributed by atoms with Crippen molar-refractivity contribution in [2.24, 2.45) is 23.7 Å². The second-order valence-electron chi connectivity index (χ2n) is 8.99. The van der Waals surface area contributed by atoms with Crippen LogP contribution in [-0.4, -0.2) is 44.5 Å². The van der Waals surface area contributed by atoms with E-state index in [1.54, 1.807) is 0 Å². The van der Waals surface area contributed by atoms with Crippen molar-refractivity contribution in [1.82, 2.24) is 10.0 Å². The van der Waals surface area contributed by atoms with Crippen LogP contribution in [0.4, 0.5) is 5.69 Å². The molecule has 178 valence electrons. The number of nitrogens with zero attached hydrogens (tertiary/aromatic N) is 3. The number of nitro groups is 1. The van der Waals surface area contributed by atoms with Gasteiger partial charge in [-0.15, -0.1) is 0 Å². The first kappa shape index (κ1) is 22.9. The van der Waals surface area contributed by atoms with Crippen molar-refractivity contribution in [3.05, 3.63) is 86.9 Å². The third-order valence-electron chi connectivity index (χ3n) is 7.07. The van der Waals surface area contributed by atoms with Crippen LogP contribution in [0.25, 0.3) is 0 Å². The van der Waals surface area contributed by atoms with Crippen molar-refractivity contribution in [1.29, 1.82) is 0 Å². The molecule has 0 aromatic heterocycles. The van der Waals surface area contributed by atoms with Crippen LogP contribution in [0.2, 0.25) is 5.02 Å². The second-order valence-corrected chi connectivity index (χ2v) is 9.43. The van der Waals surface area contributed by atoms with Gasteiger partial charge < -0.3 is 0 Å². The van der Waals surface area contributed by atoms with Crippen molar-refractivity contribution >= 4 is 40.8 Å². The van der Waals surface area contributed by atoms with Crippen LogP contribution in [-0.2, 0) is 9.59 Å². The van der Waals surface area contributed by atoms with E-state index in [4.69, 9.17) is 11.6 Å². The number of rotatable bonds is 6. The Morgan fingerprint density at radius 1 is 0.971 bits per heavy atom. The number of Topliss-reactive ketones (excluding diaryl/α,β-unsaturated/α-hetero) is 1. The number of fused-ring (bicyclic) bond motifs is 5. The minimum atomic E-state index is -1.21. The summed E-state index contributed by atoms with van der Waals surface area (Å²) in [5, 5.41) is 13.2. The molecule has 2 aromatic carbocycles. The lowest BCUT2D eigenvalue weighted by Crippen LogP contribution is -2.56. The molecular formula is C25H20ClN3O6. The van der Waals surface area contributed by atoms with Crippen LogP contribution in [0.15, 0.2) is 60.7 Å². The molecule has 1 aliphatic heterocycles. The minimum Gasteiger partial charge on any atom is -0.292 e. The monoisotopic (exact) mass is 493 g/mol. The summed E-state index contributed by atoms with van der Waals surface area (Å²) in [6.45, 7) is 1.45. The summed E-state index contributed by atoms with van der Waals surface area (Å²) >= 11 is 5.93. The maximum Gasteiger partial charge on any atom is 0.273 e. The average molecular weight is 494 g/mol. The zero-order chi connectivity index (χ0) is 25.0. The van der Waals surface area contributed by atoms with E-state index in [2.05, 4.69) is 0 Å². The average Bonchev–Trinajstić information content (AvgIpc) is 3.54. The molecule has 9 nitrogen and oxygen atoms in total. The number of hydrogen-bond acceptors (Lipinski definition) is 6. The van der Waals surface area contributed by atoms with Gasteiger partial charge in [-0.2, -0.15) is 5.01 Å². The largest absolute Gasteiger partial charge is 0.292 e. The molecule has 10 heteroatoms. The third kappa shape index (κ3) is 3.63. The first-order chi connectivity index (χ1) is 16.7. The number of carbonyl (C=O) groups is 4. The van der Waals surface area contributed by atoms with Gasteiger partial charge in [0.1, 0.15) is 6.04 Å². The predicted molar refractivity (Wildman–Crippen MR) is 124 cm³/mol. The van der Waals surface area contributed by atoms with Crippen molar-refractivity contribution in [3.8, 4) is 0 Å². The number of allylic oxidation sites excluding steroid dienone is 2. The van der Waals surface area contributed by atoms with Gasteiger partial charge in [-0.05, 0) is 61.6 Å². The normalized spacial score (nSPS) is 25.0. The Morgan fingerprint density at radius 3 is 2.00 bits per heavy atom. The Labute approximate surface area is 205 Å². The number of ketones is 1. The van der Waals surface area contributed by atoms with Gasteiger partial charge in [0, 0.05) is 28.3 Å².